The van der Waals surface area contributed by atoms with Gasteiger partial charge in [0.25, 0.3) is 0 Å². The number of benzene rings is 3. The van der Waals surface area contributed by atoms with Crippen LogP contribution >= 0.6 is 11.6 Å². The molecule has 0 aliphatic rings. The molecule has 0 aliphatic carbocycles. The first-order chi connectivity index (χ1) is 13.4. The Balaban J connectivity index is 1.68. The highest BCUT2D eigenvalue weighted by Gasteiger charge is 2.10. The topological polar surface area (TPSA) is 43.4 Å². The second kappa shape index (κ2) is 8.63. The van der Waals surface area contributed by atoms with E-state index in [-0.39, 0.29) is 16.4 Å². The Kier molecular flexibility index (Phi) is 6.02. The van der Waals surface area contributed by atoms with Crippen LogP contribution < -0.4 is 4.74 Å². The maximum absolute atomic E-state index is 13.7. The fourth-order valence-corrected chi connectivity index (χ4v) is 2.69. The van der Waals surface area contributed by atoms with E-state index in [9.17, 15) is 14.0 Å². The lowest BCUT2D eigenvalue weighted by atomic mass is 10.1. The summed E-state index contributed by atoms with van der Waals surface area (Å²) in [6.45, 7) is 1.93. The SMILES string of the molecule is Cc1ccc(C(=O)Oc2ccc(C(=O)C=Cc3c(F)cccc3Cl)cc2)cc1. The summed E-state index contributed by atoms with van der Waals surface area (Å²) in [5, 5.41) is 0.224. The fraction of sp³-hybridized carbons (Fsp3) is 0.0435. The van der Waals surface area contributed by atoms with Gasteiger partial charge in [0, 0.05) is 11.1 Å². The average Bonchev–Trinajstić information content (AvgIpc) is 2.68. The van der Waals surface area contributed by atoms with Gasteiger partial charge in [-0.05, 0) is 67.6 Å². The maximum atomic E-state index is 13.7. The summed E-state index contributed by atoms with van der Waals surface area (Å²) in [6, 6.07) is 17.5. The molecule has 0 aromatic heterocycles. The summed E-state index contributed by atoms with van der Waals surface area (Å²) < 4.78 is 19.0. The molecule has 0 heterocycles. The van der Waals surface area contributed by atoms with Gasteiger partial charge >= 0.3 is 5.97 Å². The van der Waals surface area contributed by atoms with Gasteiger partial charge in [-0.2, -0.15) is 0 Å². The molecule has 0 saturated carbocycles. The molecule has 0 N–H and O–H groups in total. The van der Waals surface area contributed by atoms with Crippen molar-refractivity contribution >= 4 is 29.4 Å². The van der Waals surface area contributed by atoms with Crippen LogP contribution in [0.15, 0.2) is 72.8 Å². The van der Waals surface area contributed by atoms with Crippen molar-refractivity contribution in [2.45, 2.75) is 6.92 Å². The van der Waals surface area contributed by atoms with Crippen LogP contribution in [-0.4, -0.2) is 11.8 Å². The second-order valence-corrected chi connectivity index (χ2v) is 6.52. The summed E-state index contributed by atoms with van der Waals surface area (Å²) in [5.41, 5.74) is 2.01. The lowest BCUT2D eigenvalue weighted by Gasteiger charge is -2.05. The molecule has 28 heavy (non-hydrogen) atoms. The Morgan fingerprint density at radius 3 is 2.21 bits per heavy atom. The molecule has 0 saturated heterocycles. The van der Waals surface area contributed by atoms with Crippen LogP contribution in [0.4, 0.5) is 4.39 Å². The molecule has 0 unspecified atom stereocenters. The van der Waals surface area contributed by atoms with Crippen molar-refractivity contribution in [3.8, 4) is 5.75 Å². The maximum Gasteiger partial charge on any atom is 0.343 e. The zero-order valence-corrected chi connectivity index (χ0v) is 15.7. The number of hydrogen-bond acceptors (Lipinski definition) is 3. The standard InChI is InChI=1S/C23H16ClFO3/c1-15-5-7-17(8-6-15)23(27)28-18-11-9-16(10-12-18)22(26)14-13-19-20(24)3-2-4-21(19)25/h2-14H,1H3. The van der Waals surface area contributed by atoms with Gasteiger partial charge in [-0.25, -0.2) is 9.18 Å². The number of halogens is 2. The molecule has 5 heteroatoms. The first-order valence-corrected chi connectivity index (χ1v) is 8.87. The van der Waals surface area contributed by atoms with Crippen LogP contribution in [0, 0.1) is 12.7 Å². The van der Waals surface area contributed by atoms with E-state index < -0.39 is 11.8 Å². The van der Waals surface area contributed by atoms with Crippen molar-refractivity contribution in [3.63, 3.8) is 0 Å². The lowest BCUT2D eigenvalue weighted by molar-refractivity contribution is 0.0734. The molecule has 3 aromatic rings. The Bertz CT molecular complexity index is 1020. The molecule has 0 radical (unpaired) electrons. The van der Waals surface area contributed by atoms with Crippen molar-refractivity contribution in [3.05, 3.63) is 106 Å². The predicted molar refractivity (Wildman–Crippen MR) is 107 cm³/mol. The smallest absolute Gasteiger partial charge is 0.343 e. The summed E-state index contributed by atoms with van der Waals surface area (Å²) >= 11 is 5.94. The molecule has 3 rings (SSSR count). The van der Waals surface area contributed by atoms with Crippen LogP contribution in [0.2, 0.25) is 5.02 Å². The molecule has 3 nitrogen and oxygen atoms in total. The number of aryl methyl sites for hydroxylation is 1. The summed E-state index contributed by atoms with van der Waals surface area (Å²) in [6.07, 6.45) is 2.59. The van der Waals surface area contributed by atoms with Crippen molar-refractivity contribution in [2.24, 2.45) is 0 Å². The van der Waals surface area contributed by atoms with E-state index in [4.69, 9.17) is 16.3 Å². The van der Waals surface area contributed by atoms with Gasteiger partial charge in [0.2, 0.25) is 0 Å². The van der Waals surface area contributed by atoms with Crippen LogP contribution in [0.3, 0.4) is 0 Å². The minimum absolute atomic E-state index is 0.154. The average molecular weight is 395 g/mol. The number of rotatable bonds is 5. The van der Waals surface area contributed by atoms with Crippen molar-refractivity contribution < 1.29 is 18.7 Å². The third-order valence-electron chi connectivity index (χ3n) is 4.04. The largest absolute Gasteiger partial charge is 0.423 e. The highest BCUT2D eigenvalue weighted by molar-refractivity contribution is 6.32. The highest BCUT2D eigenvalue weighted by Crippen LogP contribution is 2.21. The Labute approximate surface area is 167 Å². The molecule has 0 bridgehead atoms. The number of ether oxygens (including phenoxy) is 1. The first-order valence-electron chi connectivity index (χ1n) is 8.49. The first kappa shape index (κ1) is 19.5. The summed E-state index contributed by atoms with van der Waals surface area (Å²) in [7, 11) is 0. The Morgan fingerprint density at radius 1 is 0.929 bits per heavy atom. The number of esters is 1. The van der Waals surface area contributed by atoms with Gasteiger partial charge in [-0.15, -0.1) is 0 Å². The van der Waals surface area contributed by atoms with Gasteiger partial charge in [0.1, 0.15) is 11.6 Å². The third-order valence-corrected chi connectivity index (χ3v) is 4.37. The lowest BCUT2D eigenvalue weighted by Crippen LogP contribution is -2.08. The van der Waals surface area contributed by atoms with Gasteiger partial charge < -0.3 is 4.74 Å². The van der Waals surface area contributed by atoms with Crippen LogP contribution in [0.25, 0.3) is 6.08 Å². The minimum Gasteiger partial charge on any atom is -0.423 e. The van der Waals surface area contributed by atoms with Gasteiger partial charge in [-0.1, -0.05) is 35.4 Å². The number of allylic oxidation sites excluding steroid dienone is 1. The van der Waals surface area contributed by atoms with E-state index in [1.54, 1.807) is 18.2 Å². The molecular formula is C23H16ClFO3. The van der Waals surface area contributed by atoms with E-state index in [1.807, 2.05) is 19.1 Å². The zero-order valence-electron chi connectivity index (χ0n) is 15.0. The Morgan fingerprint density at radius 2 is 1.57 bits per heavy atom. The van der Waals surface area contributed by atoms with Gasteiger partial charge in [0.15, 0.2) is 5.78 Å². The zero-order chi connectivity index (χ0) is 20.1. The second-order valence-electron chi connectivity index (χ2n) is 6.11. The predicted octanol–water partition coefficient (Wildman–Crippen LogP) is 5.90. The van der Waals surface area contributed by atoms with Crippen molar-refractivity contribution in [2.75, 3.05) is 0 Å². The van der Waals surface area contributed by atoms with Crippen molar-refractivity contribution in [1.29, 1.82) is 0 Å². The molecule has 0 fully saturated rings. The quantitative estimate of drug-likeness (QED) is 0.234. The fourth-order valence-electron chi connectivity index (χ4n) is 2.47. The van der Waals surface area contributed by atoms with E-state index in [0.29, 0.717) is 16.9 Å². The van der Waals surface area contributed by atoms with E-state index >= 15 is 0 Å². The van der Waals surface area contributed by atoms with E-state index in [2.05, 4.69) is 0 Å². The number of carbonyl (C=O) groups is 2. The number of carbonyl (C=O) groups excluding carboxylic acids is 2. The van der Waals surface area contributed by atoms with Crippen LogP contribution in [-0.2, 0) is 0 Å². The molecule has 140 valence electrons. The number of hydrogen-bond donors (Lipinski definition) is 0. The van der Waals surface area contributed by atoms with E-state index in [0.717, 1.165) is 5.56 Å². The molecule has 3 aromatic carbocycles. The highest BCUT2D eigenvalue weighted by atomic mass is 35.5. The molecule has 0 spiro atoms. The minimum atomic E-state index is -0.505. The van der Waals surface area contributed by atoms with Gasteiger partial charge in [0.05, 0.1) is 10.6 Å². The van der Waals surface area contributed by atoms with Crippen LogP contribution in [0.5, 0.6) is 5.75 Å². The molecule has 0 atom stereocenters. The Hall–Kier alpha value is -3.24. The van der Waals surface area contributed by atoms with Gasteiger partial charge in [-0.3, -0.25) is 4.79 Å². The summed E-state index contributed by atoms with van der Waals surface area (Å²) in [5.74, 6) is -0.984. The van der Waals surface area contributed by atoms with Crippen molar-refractivity contribution in [1.82, 2.24) is 0 Å². The normalized spacial score (nSPS) is 10.8. The third kappa shape index (κ3) is 4.72. The molecule has 0 aliphatic heterocycles. The molecule has 0 amide bonds. The van der Waals surface area contributed by atoms with E-state index in [1.165, 1.54) is 48.6 Å². The van der Waals surface area contributed by atoms with Crippen LogP contribution in [0.1, 0.15) is 31.8 Å². The monoisotopic (exact) mass is 394 g/mol. The number of ketones is 1. The molecular weight excluding hydrogens is 379 g/mol. The summed E-state index contributed by atoms with van der Waals surface area (Å²) in [4.78, 5) is 24.4.